The Labute approximate surface area is 144 Å². The van der Waals surface area contributed by atoms with Crippen LogP contribution < -0.4 is 4.74 Å². The number of aliphatic hydroxyl groups excluding tert-OH is 2. The van der Waals surface area contributed by atoms with E-state index < -0.39 is 0 Å². The van der Waals surface area contributed by atoms with E-state index >= 15 is 0 Å². The molecule has 0 aliphatic rings. The van der Waals surface area contributed by atoms with Crippen molar-refractivity contribution in [1.82, 2.24) is 0 Å². The molecule has 0 aromatic heterocycles. The first-order valence-corrected chi connectivity index (χ1v) is 8.47. The molecule has 0 aliphatic carbocycles. The molecule has 24 heavy (non-hydrogen) atoms. The number of benzene rings is 2. The van der Waals surface area contributed by atoms with Crippen LogP contribution in [0, 0.1) is 5.41 Å². The molecule has 3 heteroatoms. The summed E-state index contributed by atoms with van der Waals surface area (Å²) in [6, 6.07) is 15.7. The lowest BCUT2D eigenvalue weighted by molar-refractivity contribution is 0.171. The van der Waals surface area contributed by atoms with Crippen molar-refractivity contribution in [2.45, 2.75) is 52.9 Å². The molecule has 1 atom stereocenters. The third kappa shape index (κ3) is 5.66. The van der Waals surface area contributed by atoms with Crippen LogP contribution in [0.3, 0.4) is 0 Å². The second kappa shape index (κ2) is 8.32. The Morgan fingerprint density at radius 1 is 0.917 bits per heavy atom. The molecule has 3 nitrogen and oxygen atoms in total. The van der Waals surface area contributed by atoms with Gasteiger partial charge in [0.2, 0.25) is 0 Å². The van der Waals surface area contributed by atoms with E-state index in [1.54, 1.807) is 6.07 Å². The molecule has 2 rings (SSSR count). The van der Waals surface area contributed by atoms with Gasteiger partial charge in [-0.25, -0.2) is 0 Å². The minimum Gasteiger partial charge on any atom is -0.486 e. The van der Waals surface area contributed by atoms with E-state index in [1.165, 1.54) is 0 Å². The second-order valence-electron chi connectivity index (χ2n) is 7.42. The highest BCUT2D eigenvalue weighted by atomic mass is 16.5. The van der Waals surface area contributed by atoms with Crippen LogP contribution in [0.5, 0.6) is 5.75 Å². The predicted molar refractivity (Wildman–Crippen MR) is 96.8 cm³/mol. The predicted octanol–water partition coefficient (Wildman–Crippen LogP) is 4.62. The molecular formula is C21H28O3. The minimum atomic E-state index is -0.0673. The molecule has 2 N–H and O–H groups in total. The highest BCUT2D eigenvalue weighted by Gasteiger charge is 2.18. The van der Waals surface area contributed by atoms with Crippen molar-refractivity contribution in [2.75, 3.05) is 0 Å². The van der Waals surface area contributed by atoms with E-state index in [2.05, 4.69) is 32.9 Å². The average molecular weight is 328 g/mol. The Hall–Kier alpha value is -1.84. The number of aliphatic hydroxyl groups is 2. The van der Waals surface area contributed by atoms with E-state index in [9.17, 15) is 10.2 Å². The molecule has 0 radical (unpaired) electrons. The van der Waals surface area contributed by atoms with Crippen molar-refractivity contribution in [3.05, 3.63) is 65.2 Å². The first-order valence-electron chi connectivity index (χ1n) is 8.47. The molecule has 0 saturated carbocycles. The van der Waals surface area contributed by atoms with Crippen molar-refractivity contribution in [1.29, 1.82) is 0 Å². The fraction of sp³-hybridized carbons (Fsp3) is 0.429. The minimum absolute atomic E-state index is 0.0501. The van der Waals surface area contributed by atoms with Crippen LogP contribution >= 0.6 is 0 Å². The maximum Gasteiger partial charge on any atom is 0.124 e. The van der Waals surface area contributed by atoms with Gasteiger partial charge in [0.05, 0.1) is 13.2 Å². The lowest BCUT2D eigenvalue weighted by Gasteiger charge is -2.25. The maximum atomic E-state index is 9.41. The van der Waals surface area contributed by atoms with Crippen LogP contribution in [-0.2, 0) is 13.2 Å². The Morgan fingerprint density at radius 2 is 1.50 bits per heavy atom. The average Bonchev–Trinajstić information content (AvgIpc) is 2.58. The lowest BCUT2D eigenvalue weighted by Crippen LogP contribution is -2.13. The molecule has 0 fully saturated rings. The Balaban J connectivity index is 2.24. The van der Waals surface area contributed by atoms with E-state index in [0.29, 0.717) is 5.75 Å². The van der Waals surface area contributed by atoms with Crippen molar-refractivity contribution >= 4 is 0 Å². The summed E-state index contributed by atoms with van der Waals surface area (Å²) in [6.07, 6.45) is 1.90. The van der Waals surface area contributed by atoms with E-state index in [0.717, 1.165) is 29.5 Å². The van der Waals surface area contributed by atoms with Gasteiger partial charge in [-0.05, 0) is 47.1 Å². The van der Waals surface area contributed by atoms with Gasteiger partial charge in [-0.1, -0.05) is 57.2 Å². The summed E-state index contributed by atoms with van der Waals surface area (Å²) in [7, 11) is 0. The zero-order chi connectivity index (χ0) is 17.6. The number of hydrogen-bond donors (Lipinski definition) is 2. The summed E-state index contributed by atoms with van der Waals surface area (Å²) < 4.78 is 6.26. The van der Waals surface area contributed by atoms with Crippen LogP contribution in [0.25, 0.3) is 0 Å². The summed E-state index contributed by atoms with van der Waals surface area (Å²) in [5, 5.41) is 18.8. The lowest BCUT2D eigenvalue weighted by atomic mass is 9.88. The Kier molecular flexibility index (Phi) is 6.41. The van der Waals surface area contributed by atoms with Crippen LogP contribution in [-0.4, -0.2) is 10.2 Å². The maximum absolute atomic E-state index is 9.41. The molecule has 0 amide bonds. The van der Waals surface area contributed by atoms with Gasteiger partial charge in [0, 0.05) is 0 Å². The fourth-order valence-corrected chi connectivity index (χ4v) is 2.67. The van der Waals surface area contributed by atoms with Crippen LogP contribution in [0.4, 0.5) is 0 Å². The summed E-state index contributed by atoms with van der Waals surface area (Å²) in [4.78, 5) is 0. The molecule has 0 heterocycles. The van der Waals surface area contributed by atoms with Gasteiger partial charge in [0.1, 0.15) is 11.9 Å². The van der Waals surface area contributed by atoms with Crippen molar-refractivity contribution < 1.29 is 14.9 Å². The van der Waals surface area contributed by atoms with Gasteiger partial charge >= 0.3 is 0 Å². The normalized spacial score (nSPS) is 12.9. The standard InChI is InChI=1S/C21H28O3/c1-21(2,3)10-9-20(18-7-5-4-6-8-18)24-19-12-16(14-22)11-17(13-19)15-23/h4-8,11-13,20,22-23H,9-10,14-15H2,1-3H3. The molecule has 2 aromatic rings. The van der Waals surface area contributed by atoms with Gasteiger partial charge in [-0.2, -0.15) is 0 Å². The Morgan fingerprint density at radius 3 is 2.00 bits per heavy atom. The van der Waals surface area contributed by atoms with Gasteiger partial charge in [0.25, 0.3) is 0 Å². The van der Waals surface area contributed by atoms with Crippen molar-refractivity contribution in [3.63, 3.8) is 0 Å². The summed E-state index contributed by atoms with van der Waals surface area (Å²) in [5.41, 5.74) is 2.87. The SMILES string of the molecule is CC(C)(C)CCC(Oc1cc(CO)cc(CO)c1)c1ccccc1. The third-order valence-corrected chi connectivity index (χ3v) is 4.00. The summed E-state index contributed by atoms with van der Waals surface area (Å²) >= 11 is 0. The topological polar surface area (TPSA) is 49.7 Å². The largest absolute Gasteiger partial charge is 0.486 e. The van der Waals surface area contributed by atoms with E-state index in [-0.39, 0.29) is 24.7 Å². The highest BCUT2D eigenvalue weighted by Crippen LogP contribution is 2.32. The van der Waals surface area contributed by atoms with E-state index in [4.69, 9.17) is 4.74 Å². The molecule has 0 bridgehead atoms. The second-order valence-corrected chi connectivity index (χ2v) is 7.42. The molecule has 0 saturated heterocycles. The smallest absolute Gasteiger partial charge is 0.124 e. The summed E-state index contributed by atoms with van der Waals surface area (Å²) in [6.45, 7) is 6.55. The molecule has 1 unspecified atom stereocenters. The van der Waals surface area contributed by atoms with Crippen molar-refractivity contribution in [3.8, 4) is 5.75 Å². The number of hydrogen-bond acceptors (Lipinski definition) is 3. The Bertz CT molecular complexity index is 607. The third-order valence-electron chi connectivity index (χ3n) is 4.00. The van der Waals surface area contributed by atoms with Gasteiger partial charge < -0.3 is 14.9 Å². The van der Waals surface area contributed by atoms with Crippen LogP contribution in [0.2, 0.25) is 0 Å². The van der Waals surface area contributed by atoms with Gasteiger partial charge in [-0.15, -0.1) is 0 Å². The zero-order valence-corrected chi connectivity index (χ0v) is 14.8. The zero-order valence-electron chi connectivity index (χ0n) is 14.8. The molecule has 0 spiro atoms. The molecule has 0 aliphatic heterocycles. The van der Waals surface area contributed by atoms with Crippen LogP contribution in [0.1, 0.15) is 56.4 Å². The first-order chi connectivity index (χ1) is 11.4. The highest BCUT2D eigenvalue weighted by molar-refractivity contribution is 5.34. The molecule has 2 aromatic carbocycles. The first kappa shape index (κ1) is 18.5. The monoisotopic (exact) mass is 328 g/mol. The summed E-state index contributed by atoms with van der Waals surface area (Å²) in [5.74, 6) is 0.688. The van der Waals surface area contributed by atoms with Crippen LogP contribution in [0.15, 0.2) is 48.5 Å². The number of ether oxygens (including phenoxy) is 1. The van der Waals surface area contributed by atoms with Crippen molar-refractivity contribution in [2.24, 2.45) is 5.41 Å². The fourth-order valence-electron chi connectivity index (χ4n) is 2.67. The molecular weight excluding hydrogens is 300 g/mol. The molecule has 130 valence electrons. The van der Waals surface area contributed by atoms with Gasteiger partial charge in [-0.3, -0.25) is 0 Å². The number of rotatable bonds is 7. The van der Waals surface area contributed by atoms with E-state index in [1.807, 2.05) is 30.3 Å². The van der Waals surface area contributed by atoms with Gasteiger partial charge in [0.15, 0.2) is 0 Å². The quantitative estimate of drug-likeness (QED) is 0.780.